The van der Waals surface area contributed by atoms with Gasteiger partial charge < -0.3 is 24.8 Å². The number of ether oxygens (including phenoxy) is 1. The van der Waals surface area contributed by atoms with E-state index in [9.17, 15) is 19.8 Å². The number of aromatic hydroxyl groups is 1. The van der Waals surface area contributed by atoms with E-state index in [1.807, 2.05) is 6.07 Å². The SMILES string of the molecule is CC[C@]1(O)C(=O)OCc2c1cc1n(c2=O)Cc2cc3c(CNC)c(O)ccc3nc2-1. The summed E-state index contributed by atoms with van der Waals surface area (Å²) in [4.78, 5) is 30.2. The van der Waals surface area contributed by atoms with E-state index in [0.717, 1.165) is 16.5 Å². The maximum Gasteiger partial charge on any atom is 0.343 e. The summed E-state index contributed by atoms with van der Waals surface area (Å²) in [6.45, 7) is 2.33. The van der Waals surface area contributed by atoms with E-state index in [-0.39, 0.29) is 24.3 Å². The van der Waals surface area contributed by atoms with Crippen LogP contribution in [0.2, 0.25) is 0 Å². The molecule has 0 spiro atoms. The summed E-state index contributed by atoms with van der Waals surface area (Å²) in [5.41, 5.74) is 1.96. The van der Waals surface area contributed by atoms with Gasteiger partial charge in [0.25, 0.3) is 5.56 Å². The summed E-state index contributed by atoms with van der Waals surface area (Å²) in [6.07, 6.45) is 0.104. The van der Waals surface area contributed by atoms with Gasteiger partial charge in [-0.05, 0) is 37.7 Å². The second-order valence-electron chi connectivity index (χ2n) is 7.76. The predicted molar refractivity (Wildman–Crippen MR) is 109 cm³/mol. The van der Waals surface area contributed by atoms with Gasteiger partial charge in [0.2, 0.25) is 0 Å². The van der Waals surface area contributed by atoms with Crippen LogP contribution in [0.15, 0.2) is 29.1 Å². The van der Waals surface area contributed by atoms with Crippen molar-refractivity contribution >= 4 is 16.9 Å². The van der Waals surface area contributed by atoms with Crippen LogP contribution in [0.5, 0.6) is 5.75 Å². The lowest BCUT2D eigenvalue weighted by Gasteiger charge is -2.31. The van der Waals surface area contributed by atoms with Gasteiger partial charge in [-0.15, -0.1) is 0 Å². The van der Waals surface area contributed by atoms with Crippen LogP contribution in [0.1, 0.15) is 35.6 Å². The third kappa shape index (κ3) is 2.37. The number of esters is 1. The molecule has 2 aliphatic heterocycles. The molecule has 0 radical (unpaired) electrons. The lowest BCUT2D eigenvalue weighted by Crippen LogP contribution is -2.44. The highest BCUT2D eigenvalue weighted by Gasteiger charge is 2.45. The number of cyclic esters (lactones) is 1. The van der Waals surface area contributed by atoms with Gasteiger partial charge in [-0.25, -0.2) is 9.78 Å². The number of nitrogens with zero attached hydrogens (tertiary/aromatic N) is 2. The number of phenolic OH excluding ortho intramolecular Hbond substituents is 1. The number of carbonyl (C=O) groups excluding carboxylic acids is 1. The fraction of sp³-hybridized carbons (Fsp3) is 0.318. The first-order chi connectivity index (χ1) is 14.4. The van der Waals surface area contributed by atoms with Gasteiger partial charge in [-0.3, -0.25) is 4.79 Å². The van der Waals surface area contributed by atoms with Crippen LogP contribution in [-0.4, -0.2) is 32.8 Å². The van der Waals surface area contributed by atoms with Crippen LogP contribution >= 0.6 is 0 Å². The minimum Gasteiger partial charge on any atom is -0.508 e. The molecule has 0 unspecified atom stereocenters. The van der Waals surface area contributed by atoms with E-state index in [0.29, 0.717) is 41.1 Å². The molecular formula is C22H21N3O5. The molecule has 4 heterocycles. The van der Waals surface area contributed by atoms with Crippen molar-refractivity contribution < 1.29 is 19.7 Å². The molecule has 8 heteroatoms. The van der Waals surface area contributed by atoms with Crippen molar-refractivity contribution in [3.8, 4) is 17.1 Å². The Balaban J connectivity index is 1.77. The van der Waals surface area contributed by atoms with E-state index in [1.165, 1.54) is 0 Å². The van der Waals surface area contributed by atoms with E-state index >= 15 is 0 Å². The maximum absolute atomic E-state index is 13.2. The minimum absolute atomic E-state index is 0.104. The van der Waals surface area contributed by atoms with Crippen molar-refractivity contribution in [3.05, 3.63) is 56.9 Å². The minimum atomic E-state index is -1.84. The van der Waals surface area contributed by atoms with Crippen LogP contribution in [0.25, 0.3) is 22.3 Å². The zero-order valence-electron chi connectivity index (χ0n) is 16.7. The summed E-state index contributed by atoms with van der Waals surface area (Å²) < 4.78 is 6.69. The third-order valence-corrected chi connectivity index (χ3v) is 6.13. The van der Waals surface area contributed by atoms with Crippen LogP contribution in [0.3, 0.4) is 0 Å². The highest BCUT2D eigenvalue weighted by atomic mass is 16.6. The number of fused-ring (bicyclic) bond motifs is 5. The Kier molecular flexibility index (Phi) is 4.00. The Hall–Kier alpha value is -3.23. The second-order valence-corrected chi connectivity index (χ2v) is 7.76. The number of aromatic nitrogens is 2. The van der Waals surface area contributed by atoms with Gasteiger partial charge in [0.1, 0.15) is 12.4 Å². The maximum atomic E-state index is 13.2. The predicted octanol–water partition coefficient (Wildman–Crippen LogP) is 1.50. The molecule has 1 atom stereocenters. The van der Waals surface area contributed by atoms with Crippen molar-refractivity contribution in [2.24, 2.45) is 0 Å². The van der Waals surface area contributed by atoms with E-state index < -0.39 is 11.6 Å². The molecule has 2 aliphatic rings. The van der Waals surface area contributed by atoms with Crippen molar-refractivity contribution in [2.75, 3.05) is 7.05 Å². The van der Waals surface area contributed by atoms with Crippen molar-refractivity contribution in [3.63, 3.8) is 0 Å². The number of rotatable bonds is 3. The Morgan fingerprint density at radius 3 is 2.83 bits per heavy atom. The standard InChI is InChI=1S/C22H21N3O5/c1-3-22(29)15-7-17-19-11(9-25(17)20(27)14(15)10-30-21(22)28)6-12-13(8-23-2)18(26)5-4-16(12)24-19/h4-7,23,26,29H,3,8-10H2,1-2H3/t22-/m1/s1. The number of hydrogen-bond donors (Lipinski definition) is 3. The number of hydrogen-bond acceptors (Lipinski definition) is 7. The number of nitrogens with one attached hydrogen (secondary N) is 1. The normalized spacial score (nSPS) is 19.4. The molecule has 154 valence electrons. The van der Waals surface area contributed by atoms with Crippen LogP contribution in [-0.2, 0) is 34.8 Å². The average Bonchev–Trinajstić information content (AvgIpc) is 3.10. The molecule has 0 saturated carbocycles. The number of phenols is 1. The first kappa shape index (κ1) is 18.8. The number of pyridine rings is 2. The molecule has 0 bridgehead atoms. The molecule has 0 saturated heterocycles. The van der Waals surface area contributed by atoms with Crippen molar-refractivity contribution in [1.82, 2.24) is 14.9 Å². The fourth-order valence-corrected chi connectivity index (χ4v) is 4.46. The molecule has 30 heavy (non-hydrogen) atoms. The van der Waals surface area contributed by atoms with Crippen LogP contribution < -0.4 is 10.9 Å². The van der Waals surface area contributed by atoms with Crippen LogP contribution in [0.4, 0.5) is 0 Å². The lowest BCUT2D eigenvalue weighted by atomic mass is 9.86. The Morgan fingerprint density at radius 1 is 1.30 bits per heavy atom. The average molecular weight is 407 g/mol. The summed E-state index contributed by atoms with van der Waals surface area (Å²) >= 11 is 0. The third-order valence-electron chi connectivity index (χ3n) is 6.13. The first-order valence-corrected chi connectivity index (χ1v) is 9.85. The highest BCUT2D eigenvalue weighted by Crippen LogP contribution is 2.39. The van der Waals surface area contributed by atoms with E-state index in [2.05, 4.69) is 5.32 Å². The van der Waals surface area contributed by atoms with Gasteiger partial charge in [-0.1, -0.05) is 6.92 Å². The molecule has 2 aromatic heterocycles. The van der Waals surface area contributed by atoms with Gasteiger partial charge in [0, 0.05) is 28.6 Å². The number of benzene rings is 1. The monoisotopic (exact) mass is 407 g/mol. The smallest absolute Gasteiger partial charge is 0.343 e. The largest absolute Gasteiger partial charge is 0.508 e. The Morgan fingerprint density at radius 2 is 2.10 bits per heavy atom. The van der Waals surface area contributed by atoms with Gasteiger partial charge in [0.05, 0.1) is 29.0 Å². The van der Waals surface area contributed by atoms with Gasteiger partial charge in [-0.2, -0.15) is 0 Å². The molecule has 3 N–H and O–H groups in total. The summed E-state index contributed by atoms with van der Waals surface area (Å²) in [5, 5.41) is 25.1. The first-order valence-electron chi connectivity index (χ1n) is 9.85. The van der Waals surface area contributed by atoms with E-state index in [4.69, 9.17) is 9.72 Å². The molecule has 5 rings (SSSR count). The topological polar surface area (TPSA) is 114 Å². The summed E-state index contributed by atoms with van der Waals surface area (Å²) in [7, 11) is 1.80. The van der Waals surface area contributed by atoms with Crippen LogP contribution in [0, 0.1) is 0 Å². The van der Waals surface area contributed by atoms with Crippen molar-refractivity contribution in [1.29, 1.82) is 0 Å². The molecule has 0 aliphatic carbocycles. The second kappa shape index (κ2) is 6.38. The Bertz CT molecular complexity index is 1300. The zero-order chi connectivity index (χ0) is 21.2. The molecule has 1 aromatic carbocycles. The molecule has 3 aromatic rings. The van der Waals surface area contributed by atoms with E-state index in [1.54, 1.807) is 36.7 Å². The molecule has 8 nitrogen and oxygen atoms in total. The Labute approximate surface area is 171 Å². The van der Waals surface area contributed by atoms with Gasteiger partial charge in [0.15, 0.2) is 5.60 Å². The zero-order valence-corrected chi connectivity index (χ0v) is 16.7. The number of aliphatic hydroxyl groups is 1. The summed E-state index contributed by atoms with van der Waals surface area (Å²) in [5.74, 6) is -0.552. The van der Waals surface area contributed by atoms with Gasteiger partial charge >= 0.3 is 5.97 Å². The molecule has 0 amide bonds. The number of carbonyl (C=O) groups is 1. The van der Waals surface area contributed by atoms with Crippen molar-refractivity contribution in [2.45, 2.75) is 38.6 Å². The highest BCUT2D eigenvalue weighted by molar-refractivity contribution is 5.89. The fourth-order valence-electron chi connectivity index (χ4n) is 4.46. The lowest BCUT2D eigenvalue weighted by molar-refractivity contribution is -0.172. The quantitative estimate of drug-likeness (QED) is 0.441. The molecular weight excluding hydrogens is 386 g/mol. The summed E-state index contributed by atoms with van der Waals surface area (Å²) in [6, 6.07) is 6.99. The molecule has 0 fully saturated rings.